The third-order valence-corrected chi connectivity index (χ3v) is 5.78. The zero-order chi connectivity index (χ0) is 20.2. The number of ether oxygens (including phenoxy) is 1. The topological polar surface area (TPSA) is 74.9 Å². The van der Waals surface area contributed by atoms with Crippen LogP contribution in [0.25, 0.3) is 11.5 Å². The largest absolute Gasteiger partial charge is 0.419 e. The highest BCUT2D eigenvalue weighted by Crippen LogP contribution is 2.26. The molecule has 3 heterocycles. The molecule has 29 heavy (non-hydrogen) atoms. The van der Waals surface area contributed by atoms with Gasteiger partial charge in [0.15, 0.2) is 0 Å². The molecule has 4 rings (SSSR count). The van der Waals surface area contributed by atoms with Crippen molar-refractivity contribution in [3.63, 3.8) is 0 Å². The molecule has 0 saturated carbocycles. The normalized spacial score (nSPS) is 20.0. The highest BCUT2D eigenvalue weighted by atomic mass is 35.5. The van der Waals surface area contributed by atoms with Gasteiger partial charge in [0.1, 0.15) is 0 Å². The van der Waals surface area contributed by atoms with E-state index >= 15 is 0 Å². The second-order valence-electron chi connectivity index (χ2n) is 7.44. The van der Waals surface area contributed by atoms with Crippen LogP contribution in [0.1, 0.15) is 18.9 Å². The van der Waals surface area contributed by atoms with Gasteiger partial charge in [-0.25, -0.2) is 0 Å². The van der Waals surface area contributed by atoms with Gasteiger partial charge in [0.2, 0.25) is 17.7 Å². The Bertz CT molecular complexity index is 831. The number of morpholine rings is 1. The lowest BCUT2D eigenvalue weighted by Crippen LogP contribution is -2.51. The summed E-state index contributed by atoms with van der Waals surface area (Å²) in [5.41, 5.74) is 0.815. The van der Waals surface area contributed by atoms with E-state index in [1.54, 1.807) is 0 Å². The molecule has 8 nitrogen and oxygen atoms in total. The molecular weight excluding hydrogens is 394 g/mol. The molecule has 1 aromatic carbocycles. The van der Waals surface area contributed by atoms with E-state index in [-0.39, 0.29) is 11.9 Å². The minimum absolute atomic E-state index is 0.0209. The Hall–Kier alpha value is -2.00. The molecule has 2 saturated heterocycles. The predicted octanol–water partition coefficient (Wildman–Crippen LogP) is 1.93. The maximum atomic E-state index is 12.4. The summed E-state index contributed by atoms with van der Waals surface area (Å²) < 4.78 is 11.2. The van der Waals surface area contributed by atoms with Gasteiger partial charge in [-0.15, -0.1) is 10.2 Å². The molecule has 2 aliphatic heterocycles. The third-order valence-electron chi connectivity index (χ3n) is 5.55. The van der Waals surface area contributed by atoms with Crippen molar-refractivity contribution >= 4 is 17.5 Å². The number of aromatic nitrogens is 2. The van der Waals surface area contributed by atoms with E-state index in [1.165, 1.54) is 0 Å². The summed E-state index contributed by atoms with van der Waals surface area (Å²) in [4.78, 5) is 18.9. The van der Waals surface area contributed by atoms with Gasteiger partial charge in [0.25, 0.3) is 0 Å². The number of carbonyl (C=O) groups excluding carboxylic acids is 1. The van der Waals surface area contributed by atoms with Gasteiger partial charge >= 0.3 is 0 Å². The van der Waals surface area contributed by atoms with Gasteiger partial charge in [-0.1, -0.05) is 17.7 Å². The van der Waals surface area contributed by atoms with Crippen molar-refractivity contribution in [3.8, 4) is 11.5 Å². The fraction of sp³-hybridized carbons (Fsp3) is 0.550. The third kappa shape index (κ3) is 4.95. The van der Waals surface area contributed by atoms with Crippen LogP contribution in [0.2, 0.25) is 5.02 Å². The second kappa shape index (κ2) is 9.21. The van der Waals surface area contributed by atoms with E-state index in [2.05, 4.69) is 26.9 Å². The molecule has 156 valence electrons. The van der Waals surface area contributed by atoms with Crippen LogP contribution in [0.15, 0.2) is 28.7 Å². The lowest BCUT2D eigenvalue weighted by Gasteiger charge is -2.37. The molecule has 2 aromatic rings. The summed E-state index contributed by atoms with van der Waals surface area (Å²) in [6.07, 6.45) is 0. The van der Waals surface area contributed by atoms with Crippen LogP contribution in [0.5, 0.6) is 0 Å². The van der Waals surface area contributed by atoms with Crippen molar-refractivity contribution < 1.29 is 13.9 Å². The van der Waals surface area contributed by atoms with Gasteiger partial charge in [0.05, 0.1) is 25.8 Å². The minimum Gasteiger partial charge on any atom is -0.419 e. The highest BCUT2D eigenvalue weighted by molar-refractivity contribution is 6.30. The van der Waals surface area contributed by atoms with Crippen LogP contribution in [-0.2, 0) is 9.53 Å². The number of carbonyl (C=O) groups is 1. The molecule has 0 spiro atoms. The van der Waals surface area contributed by atoms with Crippen molar-refractivity contribution in [1.29, 1.82) is 0 Å². The monoisotopic (exact) mass is 419 g/mol. The van der Waals surface area contributed by atoms with Gasteiger partial charge in [0, 0.05) is 49.9 Å². The number of amides is 1. The Kier molecular flexibility index (Phi) is 6.44. The average Bonchev–Trinajstić information content (AvgIpc) is 3.25. The first kappa shape index (κ1) is 20.3. The SMILES string of the molecule is CC(c1nnc(-c2cccc(Cl)c2)o1)N1CCN(CC(=O)N2CCOCC2)CC1. The molecular formula is C20H26ClN5O3. The number of halogens is 1. The van der Waals surface area contributed by atoms with Crippen molar-refractivity contribution in [1.82, 2.24) is 24.9 Å². The van der Waals surface area contributed by atoms with Crippen LogP contribution in [0.3, 0.4) is 0 Å². The second-order valence-corrected chi connectivity index (χ2v) is 7.87. The molecule has 0 radical (unpaired) electrons. The van der Waals surface area contributed by atoms with Gasteiger partial charge in [-0.2, -0.15) is 0 Å². The standard InChI is InChI=1S/C20H26ClN5O3/c1-15(19-22-23-20(29-19)16-3-2-4-17(21)13-16)25-7-5-24(6-8-25)14-18(27)26-9-11-28-12-10-26/h2-4,13,15H,5-12,14H2,1H3. The van der Waals surface area contributed by atoms with E-state index < -0.39 is 0 Å². The smallest absolute Gasteiger partial charge is 0.247 e. The zero-order valence-electron chi connectivity index (χ0n) is 16.6. The molecule has 0 aliphatic carbocycles. The Morgan fingerprint density at radius 3 is 2.62 bits per heavy atom. The summed E-state index contributed by atoms with van der Waals surface area (Å²) in [6.45, 7) is 8.61. The summed E-state index contributed by atoms with van der Waals surface area (Å²) in [7, 11) is 0. The molecule has 1 amide bonds. The minimum atomic E-state index is 0.0209. The molecule has 0 bridgehead atoms. The van der Waals surface area contributed by atoms with Gasteiger partial charge in [-0.3, -0.25) is 14.6 Å². The van der Waals surface area contributed by atoms with E-state index in [0.717, 1.165) is 31.7 Å². The van der Waals surface area contributed by atoms with Crippen LogP contribution in [0.4, 0.5) is 0 Å². The number of benzene rings is 1. The molecule has 9 heteroatoms. The number of rotatable bonds is 5. The van der Waals surface area contributed by atoms with Crippen molar-refractivity contribution in [3.05, 3.63) is 35.2 Å². The Labute approximate surface area is 175 Å². The van der Waals surface area contributed by atoms with E-state index in [4.69, 9.17) is 20.8 Å². The predicted molar refractivity (Wildman–Crippen MR) is 109 cm³/mol. The number of piperazine rings is 1. The highest BCUT2D eigenvalue weighted by Gasteiger charge is 2.27. The number of hydrogen-bond donors (Lipinski definition) is 0. The van der Waals surface area contributed by atoms with Crippen LogP contribution < -0.4 is 0 Å². The average molecular weight is 420 g/mol. The van der Waals surface area contributed by atoms with Crippen molar-refractivity contribution in [2.75, 3.05) is 59.0 Å². The fourth-order valence-corrected chi connectivity index (χ4v) is 3.90. The molecule has 1 aromatic heterocycles. The molecule has 1 atom stereocenters. The van der Waals surface area contributed by atoms with Gasteiger partial charge < -0.3 is 14.1 Å². The van der Waals surface area contributed by atoms with Crippen LogP contribution in [0, 0.1) is 0 Å². The van der Waals surface area contributed by atoms with E-state index in [1.807, 2.05) is 29.2 Å². The molecule has 2 aliphatic rings. The zero-order valence-corrected chi connectivity index (χ0v) is 17.3. The summed E-state index contributed by atoms with van der Waals surface area (Å²) >= 11 is 6.05. The molecule has 0 N–H and O–H groups in total. The molecule has 2 fully saturated rings. The van der Waals surface area contributed by atoms with Crippen molar-refractivity contribution in [2.24, 2.45) is 0 Å². The first-order valence-electron chi connectivity index (χ1n) is 10.0. The van der Waals surface area contributed by atoms with Crippen LogP contribution >= 0.6 is 11.6 Å². The number of nitrogens with zero attached hydrogens (tertiary/aromatic N) is 5. The van der Waals surface area contributed by atoms with E-state index in [0.29, 0.717) is 49.7 Å². The maximum Gasteiger partial charge on any atom is 0.247 e. The summed E-state index contributed by atoms with van der Waals surface area (Å²) in [5, 5.41) is 9.05. The van der Waals surface area contributed by atoms with E-state index in [9.17, 15) is 4.79 Å². The number of hydrogen-bond acceptors (Lipinski definition) is 7. The quantitative estimate of drug-likeness (QED) is 0.732. The first-order chi connectivity index (χ1) is 14.1. The van der Waals surface area contributed by atoms with Gasteiger partial charge in [-0.05, 0) is 25.1 Å². The Balaban J connectivity index is 1.30. The maximum absolute atomic E-state index is 12.4. The summed E-state index contributed by atoms with van der Waals surface area (Å²) in [5.74, 6) is 1.26. The summed E-state index contributed by atoms with van der Waals surface area (Å²) in [6, 6.07) is 7.41. The lowest BCUT2D eigenvalue weighted by atomic mass is 10.2. The van der Waals surface area contributed by atoms with Crippen molar-refractivity contribution in [2.45, 2.75) is 13.0 Å². The lowest BCUT2D eigenvalue weighted by molar-refractivity contribution is -0.137. The Morgan fingerprint density at radius 1 is 1.14 bits per heavy atom. The van der Waals surface area contributed by atoms with Crippen LogP contribution in [-0.4, -0.2) is 89.8 Å². The first-order valence-corrected chi connectivity index (χ1v) is 10.4. The fourth-order valence-electron chi connectivity index (χ4n) is 3.71. The molecule has 1 unspecified atom stereocenters. The Morgan fingerprint density at radius 2 is 1.90 bits per heavy atom.